The number of para-hydroxylation sites is 1. The van der Waals surface area contributed by atoms with Crippen molar-refractivity contribution in [1.29, 1.82) is 0 Å². The van der Waals surface area contributed by atoms with Gasteiger partial charge in [0.25, 0.3) is 5.91 Å². The van der Waals surface area contributed by atoms with Gasteiger partial charge in [-0.2, -0.15) is 21.7 Å². The normalized spacial score (nSPS) is 11.3. The van der Waals surface area contributed by atoms with Gasteiger partial charge in [-0.05, 0) is 30.6 Å². The minimum absolute atomic E-state index is 0.0478. The van der Waals surface area contributed by atoms with Crippen LogP contribution in [-0.4, -0.2) is 61.2 Å². The molecule has 156 valence electrons. The molecule has 0 aliphatic rings. The molecule has 1 atom stereocenters. The first-order chi connectivity index (χ1) is 14.0. The lowest BCUT2D eigenvalue weighted by molar-refractivity contribution is -0.142. The van der Waals surface area contributed by atoms with E-state index in [0.29, 0.717) is 12.2 Å². The fourth-order valence-electron chi connectivity index (χ4n) is 2.34. The van der Waals surface area contributed by atoms with Gasteiger partial charge in [-0.15, -0.1) is 0 Å². The van der Waals surface area contributed by atoms with Gasteiger partial charge in [0.2, 0.25) is 11.8 Å². The third-order valence-electron chi connectivity index (χ3n) is 3.81. The highest BCUT2D eigenvalue weighted by atomic mass is 32.2. The van der Waals surface area contributed by atoms with Crippen LogP contribution in [0.2, 0.25) is 0 Å². The Kier molecular flexibility index (Phi) is 8.53. The Morgan fingerprint density at radius 2 is 1.76 bits per heavy atom. The average molecular weight is 421 g/mol. The molecule has 1 aromatic carbocycles. The molecule has 2 rings (SSSR count). The van der Waals surface area contributed by atoms with Crippen LogP contribution < -0.4 is 19.5 Å². The van der Waals surface area contributed by atoms with Crippen molar-refractivity contribution < 1.29 is 28.5 Å². The Morgan fingerprint density at radius 3 is 2.34 bits per heavy atom. The first-order valence-electron chi connectivity index (χ1n) is 8.64. The molecule has 0 spiro atoms. The van der Waals surface area contributed by atoms with E-state index >= 15 is 0 Å². The molecule has 0 saturated carbocycles. The minimum atomic E-state index is -0.763. The number of amides is 1. The van der Waals surface area contributed by atoms with Gasteiger partial charge >= 0.3 is 12.0 Å². The number of carbonyl (C=O) groups excluding carboxylic acids is 2. The molecule has 29 heavy (non-hydrogen) atoms. The van der Waals surface area contributed by atoms with Crippen LogP contribution >= 0.6 is 11.8 Å². The Morgan fingerprint density at radius 1 is 1.10 bits per heavy atom. The predicted molar refractivity (Wildman–Crippen MR) is 108 cm³/mol. The Hall–Kier alpha value is -3.01. The fraction of sp³-hybridized carbons (Fsp3) is 0.368. The lowest BCUT2D eigenvalue weighted by atomic mass is 10.1. The predicted octanol–water partition coefficient (Wildman–Crippen LogP) is 2.31. The Balaban J connectivity index is 2.25. The fourth-order valence-corrected chi connectivity index (χ4v) is 2.81. The summed E-state index contributed by atoms with van der Waals surface area (Å²) in [5.74, 6) is 0.413. The molecule has 9 nitrogen and oxygen atoms in total. The van der Waals surface area contributed by atoms with Crippen LogP contribution in [0.5, 0.6) is 23.5 Å². The maximum absolute atomic E-state index is 12.8. The number of carbonyl (C=O) groups is 2. The first kappa shape index (κ1) is 22.3. The number of aromatic nitrogens is 2. The maximum Gasteiger partial charge on any atom is 0.328 e. The highest BCUT2D eigenvalue weighted by Gasteiger charge is 2.23. The summed E-state index contributed by atoms with van der Waals surface area (Å²) >= 11 is 1.57. The molecule has 1 heterocycles. The zero-order valence-corrected chi connectivity index (χ0v) is 17.4. The summed E-state index contributed by atoms with van der Waals surface area (Å²) in [7, 11) is 4.19. The number of ether oxygens (including phenoxy) is 4. The molecule has 10 heteroatoms. The van der Waals surface area contributed by atoms with Crippen LogP contribution in [0.15, 0.2) is 30.3 Å². The first-order valence-corrected chi connectivity index (χ1v) is 10.0. The molecule has 1 amide bonds. The molecule has 1 aromatic heterocycles. The van der Waals surface area contributed by atoms with Crippen molar-refractivity contribution in [2.45, 2.75) is 12.5 Å². The van der Waals surface area contributed by atoms with Gasteiger partial charge in [-0.25, -0.2) is 4.79 Å². The van der Waals surface area contributed by atoms with Gasteiger partial charge in [0.1, 0.15) is 11.8 Å². The molecule has 0 unspecified atom stereocenters. The molecule has 2 aromatic rings. The van der Waals surface area contributed by atoms with Crippen LogP contribution in [0, 0.1) is 0 Å². The lowest BCUT2D eigenvalue weighted by Gasteiger charge is -2.17. The topological polar surface area (TPSA) is 109 Å². The second kappa shape index (κ2) is 11.1. The van der Waals surface area contributed by atoms with Crippen molar-refractivity contribution in [1.82, 2.24) is 15.3 Å². The van der Waals surface area contributed by atoms with Crippen LogP contribution in [0.25, 0.3) is 0 Å². The van der Waals surface area contributed by atoms with Crippen LogP contribution in [0.1, 0.15) is 16.8 Å². The van der Waals surface area contributed by atoms with E-state index in [9.17, 15) is 9.59 Å². The highest BCUT2D eigenvalue weighted by molar-refractivity contribution is 7.98. The Labute approximate surface area is 173 Å². The SMILES string of the molecule is COC(=O)[C@H](CCSC)NC(=O)c1ccccc1Oc1nc(OC)cc(OC)n1. The van der Waals surface area contributed by atoms with E-state index in [-0.39, 0.29) is 29.1 Å². The van der Waals surface area contributed by atoms with E-state index in [2.05, 4.69) is 15.3 Å². The molecule has 0 aliphatic carbocycles. The second-order valence-corrected chi connectivity index (χ2v) is 6.65. The summed E-state index contributed by atoms with van der Waals surface area (Å²) in [6.07, 6.45) is 2.36. The third kappa shape index (κ3) is 6.24. The van der Waals surface area contributed by atoms with Crippen molar-refractivity contribution in [3.8, 4) is 23.5 Å². The number of methoxy groups -OCH3 is 3. The van der Waals surface area contributed by atoms with Gasteiger partial charge < -0.3 is 24.3 Å². The number of rotatable bonds is 10. The van der Waals surface area contributed by atoms with E-state index < -0.39 is 17.9 Å². The van der Waals surface area contributed by atoms with Gasteiger partial charge in [0, 0.05) is 0 Å². The molecule has 0 aliphatic heterocycles. The van der Waals surface area contributed by atoms with Crippen LogP contribution in [-0.2, 0) is 9.53 Å². The van der Waals surface area contributed by atoms with Crippen molar-refractivity contribution in [2.24, 2.45) is 0 Å². The number of nitrogens with one attached hydrogen (secondary N) is 1. The number of thioether (sulfide) groups is 1. The second-order valence-electron chi connectivity index (χ2n) is 5.66. The van der Waals surface area contributed by atoms with E-state index in [1.807, 2.05) is 6.26 Å². The van der Waals surface area contributed by atoms with Crippen molar-refractivity contribution in [3.05, 3.63) is 35.9 Å². The number of benzene rings is 1. The molecule has 0 bridgehead atoms. The quantitative estimate of drug-likeness (QED) is 0.578. The summed E-state index contributed by atoms with van der Waals surface area (Å²) in [6.45, 7) is 0. The summed E-state index contributed by atoms with van der Waals surface area (Å²) in [5, 5.41) is 2.69. The molecule has 0 fully saturated rings. The number of esters is 1. The molecule has 0 saturated heterocycles. The van der Waals surface area contributed by atoms with Crippen LogP contribution in [0.4, 0.5) is 0 Å². The largest absolute Gasteiger partial charge is 0.481 e. The standard InChI is InChI=1S/C19H23N3O6S/c1-25-15-11-16(26-2)22-19(21-15)28-14-8-6-5-7-12(14)17(23)20-13(9-10-29-4)18(24)27-3/h5-8,11,13H,9-10H2,1-4H3,(H,20,23)/t13-/m0/s1. The lowest BCUT2D eigenvalue weighted by Crippen LogP contribution is -2.42. The molecular weight excluding hydrogens is 398 g/mol. The van der Waals surface area contributed by atoms with Crippen LogP contribution in [0.3, 0.4) is 0 Å². The summed E-state index contributed by atoms with van der Waals surface area (Å²) < 4.78 is 20.7. The average Bonchev–Trinajstić information content (AvgIpc) is 2.75. The zero-order chi connectivity index (χ0) is 21.2. The third-order valence-corrected chi connectivity index (χ3v) is 4.46. The van der Waals surface area contributed by atoms with E-state index in [0.717, 1.165) is 0 Å². The summed E-state index contributed by atoms with van der Waals surface area (Å²) in [5.41, 5.74) is 0.218. The number of hydrogen-bond acceptors (Lipinski definition) is 9. The maximum atomic E-state index is 12.8. The summed E-state index contributed by atoms with van der Waals surface area (Å²) in [6, 6.07) is 7.25. The van der Waals surface area contributed by atoms with E-state index in [1.165, 1.54) is 27.4 Å². The van der Waals surface area contributed by atoms with E-state index in [1.54, 1.807) is 36.0 Å². The van der Waals surface area contributed by atoms with Crippen molar-refractivity contribution in [3.63, 3.8) is 0 Å². The molecular formula is C19H23N3O6S. The van der Waals surface area contributed by atoms with Gasteiger partial charge in [0.05, 0.1) is 33.0 Å². The Bertz CT molecular complexity index is 826. The van der Waals surface area contributed by atoms with E-state index in [4.69, 9.17) is 18.9 Å². The minimum Gasteiger partial charge on any atom is -0.481 e. The smallest absolute Gasteiger partial charge is 0.328 e. The van der Waals surface area contributed by atoms with Gasteiger partial charge in [0.15, 0.2) is 0 Å². The van der Waals surface area contributed by atoms with Crippen molar-refractivity contribution >= 4 is 23.6 Å². The van der Waals surface area contributed by atoms with Gasteiger partial charge in [-0.3, -0.25) is 4.79 Å². The van der Waals surface area contributed by atoms with Gasteiger partial charge in [-0.1, -0.05) is 12.1 Å². The monoisotopic (exact) mass is 421 g/mol. The number of nitrogens with zero attached hydrogens (tertiary/aromatic N) is 2. The molecule has 0 radical (unpaired) electrons. The molecule has 1 N–H and O–H groups in total. The highest BCUT2D eigenvalue weighted by Crippen LogP contribution is 2.26. The zero-order valence-electron chi connectivity index (χ0n) is 16.6. The van der Waals surface area contributed by atoms with Crippen molar-refractivity contribution in [2.75, 3.05) is 33.3 Å². The summed E-state index contributed by atoms with van der Waals surface area (Å²) in [4.78, 5) is 33.0. The number of hydrogen-bond donors (Lipinski definition) is 1.